The van der Waals surface area contributed by atoms with Gasteiger partial charge in [0.25, 0.3) is 5.95 Å². The van der Waals surface area contributed by atoms with Gasteiger partial charge in [-0.25, -0.2) is 0 Å². The lowest BCUT2D eigenvalue weighted by Gasteiger charge is -2.33. The van der Waals surface area contributed by atoms with Crippen LogP contribution in [0.2, 0.25) is 18.1 Å². The van der Waals surface area contributed by atoms with Gasteiger partial charge in [-0.3, -0.25) is 0 Å². The third kappa shape index (κ3) is 3.85. The van der Waals surface area contributed by atoms with Crippen LogP contribution in [0.3, 0.4) is 0 Å². The van der Waals surface area contributed by atoms with Gasteiger partial charge in [-0.2, -0.15) is 0 Å². The van der Waals surface area contributed by atoms with Crippen molar-refractivity contribution in [3.63, 3.8) is 0 Å². The maximum atomic E-state index is 9.42. The van der Waals surface area contributed by atoms with Crippen molar-refractivity contribution >= 4 is 8.07 Å². The fraction of sp³-hybridized carbons (Fsp3) is 0.800. The number of ether oxygens (including phenoxy) is 1. The summed E-state index contributed by atoms with van der Waals surface area (Å²) in [5.41, 5.74) is 1.91. The van der Waals surface area contributed by atoms with Crippen molar-refractivity contribution in [1.82, 2.24) is 0 Å². The summed E-state index contributed by atoms with van der Waals surface area (Å²) >= 11 is 0. The highest BCUT2D eigenvalue weighted by Gasteiger charge is 2.34. The van der Waals surface area contributed by atoms with Crippen LogP contribution in [-0.4, -0.2) is 19.8 Å². The fourth-order valence-corrected chi connectivity index (χ4v) is 1.85. The van der Waals surface area contributed by atoms with E-state index in [0.29, 0.717) is 6.61 Å². The van der Waals surface area contributed by atoms with Crippen LogP contribution in [0, 0.1) is 0 Å². The van der Waals surface area contributed by atoms with Gasteiger partial charge in [0.05, 0.1) is 14.7 Å². The third-order valence-corrected chi connectivity index (χ3v) is 7.54. The van der Waals surface area contributed by atoms with E-state index in [-0.39, 0.29) is 11.0 Å². The lowest BCUT2D eigenvalue weighted by molar-refractivity contribution is 0.103. The Morgan fingerprint density at radius 2 is 1.85 bits per heavy atom. The number of aliphatic hydroxyl groups excluding tert-OH is 1. The molecule has 0 aliphatic rings. The normalized spacial score (nSPS) is 14.5. The molecule has 1 N–H and O–H groups in total. The fourth-order valence-electron chi connectivity index (χ4n) is 0.715. The lowest BCUT2D eigenvalue weighted by atomic mass is 10.2. The zero-order valence-corrected chi connectivity index (χ0v) is 10.6. The van der Waals surface area contributed by atoms with E-state index in [1.54, 1.807) is 0 Å². The van der Waals surface area contributed by atoms with Crippen molar-refractivity contribution in [3.05, 3.63) is 11.6 Å². The summed E-state index contributed by atoms with van der Waals surface area (Å²) in [6.07, 6.45) is 0. The molecule has 0 aliphatic carbocycles. The van der Waals surface area contributed by atoms with Crippen LogP contribution in [-0.2, 0) is 4.74 Å². The molecule has 0 heterocycles. The molecule has 3 heteroatoms. The van der Waals surface area contributed by atoms with Crippen LogP contribution in [0.5, 0.6) is 0 Å². The smallest absolute Gasteiger partial charge is 0.268 e. The highest BCUT2D eigenvalue weighted by Crippen LogP contribution is 2.37. The highest BCUT2D eigenvalue weighted by atomic mass is 28.3. The maximum Gasteiger partial charge on any atom is 0.268 e. The van der Waals surface area contributed by atoms with E-state index < -0.39 is 8.07 Å². The van der Waals surface area contributed by atoms with E-state index in [9.17, 15) is 5.11 Å². The molecular formula is C10H22O2Si. The summed E-state index contributed by atoms with van der Waals surface area (Å²) in [6.45, 7) is 13.5. The maximum absolute atomic E-state index is 9.42. The van der Waals surface area contributed by atoms with Crippen LogP contribution in [0.1, 0.15) is 27.7 Å². The molecule has 0 aliphatic heterocycles. The van der Waals surface area contributed by atoms with Gasteiger partial charge in [0.1, 0.15) is 0 Å². The average molecular weight is 202 g/mol. The first kappa shape index (κ1) is 12.6. The quantitative estimate of drug-likeness (QED) is 0.561. The molecule has 0 fully saturated rings. The molecule has 0 spiro atoms. The molecule has 0 atom stereocenters. The molecule has 0 radical (unpaired) electrons. The topological polar surface area (TPSA) is 29.5 Å². The van der Waals surface area contributed by atoms with E-state index >= 15 is 0 Å². The number of hydrogen-bond donors (Lipinski definition) is 1. The molecule has 0 aromatic carbocycles. The van der Waals surface area contributed by atoms with Crippen LogP contribution >= 0.6 is 0 Å². The van der Waals surface area contributed by atoms with E-state index in [4.69, 9.17) is 4.74 Å². The van der Waals surface area contributed by atoms with Crippen molar-refractivity contribution in [1.29, 1.82) is 0 Å². The van der Waals surface area contributed by atoms with Crippen LogP contribution in [0.15, 0.2) is 11.6 Å². The Labute approximate surface area is 82.6 Å². The second-order valence-corrected chi connectivity index (χ2v) is 10.1. The van der Waals surface area contributed by atoms with Gasteiger partial charge >= 0.3 is 0 Å². The third-order valence-electron chi connectivity index (χ3n) is 2.71. The number of aliphatic hydroxyl groups is 1. The molecule has 13 heavy (non-hydrogen) atoms. The molecule has 0 saturated heterocycles. The Kier molecular flexibility index (Phi) is 4.04. The van der Waals surface area contributed by atoms with Crippen LogP contribution < -0.4 is 0 Å². The summed E-state index contributed by atoms with van der Waals surface area (Å²) < 4.78 is 5.02. The molecule has 0 saturated carbocycles. The standard InChI is InChI=1S/C10H22O2Si/c1-7-12-9(11)8-13(5,6)10(2,3)4/h8,11H,7H2,1-6H3/b9-8+. The van der Waals surface area contributed by atoms with Crippen molar-refractivity contribution in [3.8, 4) is 0 Å². The zero-order chi connectivity index (χ0) is 10.7. The van der Waals surface area contributed by atoms with Gasteiger partial charge in [-0.1, -0.05) is 33.9 Å². The largest absolute Gasteiger partial charge is 0.481 e. The predicted molar refractivity (Wildman–Crippen MR) is 59.5 cm³/mol. The second kappa shape index (κ2) is 4.18. The summed E-state index contributed by atoms with van der Waals surface area (Å²) in [5, 5.41) is 9.67. The Morgan fingerprint density at radius 1 is 1.38 bits per heavy atom. The summed E-state index contributed by atoms with van der Waals surface area (Å²) in [4.78, 5) is 0. The van der Waals surface area contributed by atoms with Gasteiger partial charge in [0.2, 0.25) is 0 Å². The van der Waals surface area contributed by atoms with E-state index in [0.717, 1.165) is 0 Å². The first-order valence-electron chi connectivity index (χ1n) is 4.75. The van der Waals surface area contributed by atoms with Gasteiger partial charge in [-0.05, 0) is 17.7 Å². The first-order valence-corrected chi connectivity index (χ1v) is 7.83. The zero-order valence-electron chi connectivity index (χ0n) is 9.64. The Hall–Kier alpha value is -0.443. The van der Waals surface area contributed by atoms with Gasteiger partial charge in [0.15, 0.2) is 0 Å². The molecular weight excluding hydrogens is 180 g/mol. The van der Waals surface area contributed by atoms with Gasteiger partial charge < -0.3 is 9.84 Å². The SMILES string of the molecule is CCO/C(O)=C/[Si](C)(C)C(C)(C)C. The van der Waals surface area contributed by atoms with Crippen molar-refractivity contribution in [2.45, 2.75) is 45.8 Å². The monoisotopic (exact) mass is 202 g/mol. The van der Waals surface area contributed by atoms with E-state index in [1.807, 2.05) is 12.6 Å². The predicted octanol–water partition coefficient (Wildman–Crippen LogP) is 3.47. The molecule has 0 aromatic heterocycles. The Balaban J connectivity index is 4.57. The summed E-state index contributed by atoms with van der Waals surface area (Å²) in [5.74, 6) is 0.0918. The van der Waals surface area contributed by atoms with Gasteiger partial charge in [-0.15, -0.1) is 0 Å². The van der Waals surface area contributed by atoms with Crippen molar-refractivity contribution < 1.29 is 9.84 Å². The second-order valence-electron chi connectivity index (χ2n) is 4.89. The minimum atomic E-state index is -1.54. The summed E-state index contributed by atoms with van der Waals surface area (Å²) in [7, 11) is -1.54. The summed E-state index contributed by atoms with van der Waals surface area (Å²) in [6, 6.07) is 0. The highest BCUT2D eigenvalue weighted by molar-refractivity contribution is 6.84. The Morgan fingerprint density at radius 3 is 2.15 bits per heavy atom. The first-order chi connectivity index (χ1) is 5.70. The molecule has 0 amide bonds. The molecule has 2 nitrogen and oxygen atoms in total. The van der Waals surface area contributed by atoms with E-state index in [2.05, 4.69) is 33.9 Å². The number of hydrogen-bond acceptors (Lipinski definition) is 2. The molecule has 0 unspecified atom stereocenters. The number of rotatable bonds is 3. The van der Waals surface area contributed by atoms with Gasteiger partial charge in [0, 0.05) is 0 Å². The molecule has 78 valence electrons. The minimum Gasteiger partial charge on any atom is -0.481 e. The average Bonchev–Trinajstić information content (AvgIpc) is 1.83. The van der Waals surface area contributed by atoms with Crippen LogP contribution in [0.25, 0.3) is 0 Å². The minimum absolute atomic E-state index is 0.0918. The molecule has 0 rings (SSSR count). The van der Waals surface area contributed by atoms with Crippen LogP contribution in [0.4, 0.5) is 0 Å². The van der Waals surface area contributed by atoms with Crippen molar-refractivity contribution in [2.75, 3.05) is 6.61 Å². The van der Waals surface area contributed by atoms with Crippen molar-refractivity contribution in [2.24, 2.45) is 0 Å². The Bertz CT molecular complexity index is 190. The molecule has 0 aromatic rings. The lowest BCUT2D eigenvalue weighted by Crippen LogP contribution is -2.35. The van der Waals surface area contributed by atoms with E-state index in [1.165, 1.54) is 0 Å². The molecule has 0 bridgehead atoms.